The highest BCUT2D eigenvalue weighted by Crippen LogP contribution is 2.60. The lowest BCUT2D eigenvalue weighted by atomic mass is 9.63. The molecule has 0 saturated heterocycles. The smallest absolute Gasteiger partial charge is 0.188 e. The van der Waals surface area contributed by atoms with Gasteiger partial charge in [-0.2, -0.15) is 0 Å². The Balaban J connectivity index is 0.000000151. The van der Waals surface area contributed by atoms with E-state index in [-0.39, 0.29) is 0 Å². The maximum Gasteiger partial charge on any atom is 0.188 e. The fraction of sp³-hybridized carbons (Fsp3) is 0.0635. The molecule has 4 aliphatic rings. The zero-order valence-electron chi connectivity index (χ0n) is 75.4. The van der Waals surface area contributed by atoms with E-state index in [1.807, 2.05) is 0 Å². The quantitative estimate of drug-likeness (QED) is 0.101. The molecule has 6 heterocycles. The number of aryl methyl sites for hydroxylation is 6. The topological polar surface area (TPSA) is 62.7 Å². The van der Waals surface area contributed by atoms with Gasteiger partial charge in [-0.05, 0) is 223 Å². The van der Waals surface area contributed by atoms with Crippen molar-refractivity contribution >= 4 is 57.6 Å². The molecule has 0 saturated carbocycles. The molecule has 0 N–H and O–H groups in total. The van der Waals surface area contributed by atoms with E-state index in [1.165, 1.54) is 86.0 Å². The monoisotopic (exact) mass is 1750 g/mol. The van der Waals surface area contributed by atoms with Gasteiger partial charge in [0.15, 0.2) is 16.1 Å². The summed E-state index contributed by atoms with van der Waals surface area (Å²) in [7, 11) is -5.84. The molecule has 0 bridgehead atoms. The fourth-order valence-corrected chi connectivity index (χ4v) is 32.8. The second-order valence-electron chi connectivity index (χ2n) is 35.9. The summed E-state index contributed by atoms with van der Waals surface area (Å²) >= 11 is 0. The van der Waals surface area contributed by atoms with Crippen molar-refractivity contribution in [2.24, 2.45) is 0 Å². The van der Waals surface area contributed by atoms with Crippen molar-refractivity contribution in [1.82, 2.24) is 9.97 Å². The minimum Gasteiger partial charge on any atom is -0.457 e. The molecule has 2 aromatic heterocycles. The van der Waals surface area contributed by atoms with E-state index < -0.39 is 27.0 Å². The number of hydrogen-bond acceptors (Lipinski definition) is 6. The highest BCUT2D eigenvalue weighted by Gasteiger charge is 2.53. The van der Waals surface area contributed by atoms with E-state index in [4.69, 9.17) is 28.9 Å². The van der Waals surface area contributed by atoms with Gasteiger partial charge in [0.1, 0.15) is 46.0 Å². The first kappa shape index (κ1) is 82.3. The van der Waals surface area contributed by atoms with Crippen LogP contribution in [0.4, 0.5) is 0 Å². The molecular weight excluding hydrogens is 1660 g/mol. The van der Waals surface area contributed by atoms with Crippen molar-refractivity contribution in [3.63, 3.8) is 0 Å². The Labute approximate surface area is 785 Å². The van der Waals surface area contributed by atoms with Crippen molar-refractivity contribution in [2.45, 2.75) is 52.4 Å². The van der Waals surface area contributed by atoms with Crippen molar-refractivity contribution in [1.29, 1.82) is 0 Å². The molecule has 0 spiro atoms. The zero-order chi connectivity index (χ0) is 90.2. The van der Waals surface area contributed by atoms with Gasteiger partial charge in [-0.15, -0.1) is 0 Å². The molecule has 640 valence electrons. The molecule has 134 heavy (non-hydrogen) atoms. The SMILES string of the molecule is Cc1cc(C)c(-c2cc(-c3cccc4c3Oc3ccccc3C4(c3ccccc3)c3ccccc3)nc(-c3cccc4c3Oc3ccccc3C4(c3ccccc3)c3ccccc3)c2)c(C)c1.Cc1cc(C)c(-c2cc(-c3cccc4c3Oc3ccccc3[Si]4(c3ccccc3)c3ccccc3)nc(-c3cccc4c3Oc3ccccc3[Si]4(c3ccccc3)c3ccccc3)c2)c(C)c1. The first-order valence-corrected chi connectivity index (χ1v) is 50.2. The molecule has 0 fully saturated rings. The summed E-state index contributed by atoms with van der Waals surface area (Å²) in [6, 6.07) is 167. The summed E-state index contributed by atoms with van der Waals surface area (Å²) < 4.78 is 28.9. The molecule has 0 aliphatic carbocycles. The lowest BCUT2D eigenvalue weighted by molar-refractivity contribution is 0.436. The lowest BCUT2D eigenvalue weighted by Crippen LogP contribution is -2.76. The van der Waals surface area contributed by atoms with Gasteiger partial charge in [-0.1, -0.05) is 399 Å². The van der Waals surface area contributed by atoms with Crippen LogP contribution in [0.5, 0.6) is 46.0 Å². The number of aromatic nitrogens is 2. The highest BCUT2D eigenvalue weighted by molar-refractivity contribution is 7.21. The van der Waals surface area contributed by atoms with Gasteiger partial charge in [0.25, 0.3) is 0 Å². The van der Waals surface area contributed by atoms with Gasteiger partial charge in [0.05, 0.1) is 33.6 Å². The number of ether oxygens (including phenoxy) is 4. The fourth-order valence-electron chi connectivity index (χ4n) is 22.9. The minimum absolute atomic E-state index is 0.675. The summed E-state index contributed by atoms with van der Waals surface area (Å²) in [6.45, 7) is 13.2. The Morgan fingerprint density at radius 2 is 0.433 bits per heavy atom. The van der Waals surface area contributed by atoms with E-state index >= 15 is 0 Å². The molecule has 0 unspecified atom stereocenters. The standard InChI is InChI=1S/C64H47NO2.C62H47NO2Si2/c1-42-38-43(2)60(44(3)39-42)45-40-56(50-30-20-34-54-61(50)66-58-36-18-16-32-52(58)63(54,46-22-8-4-9-23-46)47-24-10-5-11-25-47)65-57(41-45)51-31-21-35-55-62(51)67-59-37-19-17-33-53(59)64(55,48-26-12-6-13-27-48)49-28-14-7-15-29-49;1-42-38-43(2)60(44(3)39-42)45-40-52(50-30-20-36-58-61(50)64-54-32-16-18-34-56(54)66(58,46-22-8-4-9-23-46)47-24-10-5-11-25-47)63-53(41-45)51-31-21-37-59-62(51)65-55-33-17-19-35-57(55)67(59,48-26-12-6-13-27-48)49-28-14-7-15-29-49/h2*4-41H,1-3H3. The maximum atomic E-state index is 7.25. The normalized spacial score (nSPS) is 13.8. The summed E-state index contributed by atoms with van der Waals surface area (Å²) in [6.07, 6.45) is 0. The molecule has 4 aliphatic heterocycles. The average molecular weight is 1760 g/mol. The van der Waals surface area contributed by atoms with Crippen molar-refractivity contribution in [3.05, 3.63) is 539 Å². The van der Waals surface area contributed by atoms with Crippen LogP contribution in [0.3, 0.4) is 0 Å². The van der Waals surface area contributed by atoms with Gasteiger partial charge in [-0.25, -0.2) is 9.97 Å². The van der Waals surface area contributed by atoms with E-state index in [0.29, 0.717) is 0 Å². The minimum atomic E-state index is -2.92. The summed E-state index contributed by atoms with van der Waals surface area (Å²) in [5.74, 6) is 6.69. The number of rotatable bonds is 14. The number of hydrogen-bond donors (Lipinski definition) is 0. The number of nitrogens with zero attached hydrogens (tertiary/aromatic N) is 2. The van der Waals surface area contributed by atoms with Crippen LogP contribution in [-0.2, 0) is 10.8 Å². The number of para-hydroxylation sites is 8. The van der Waals surface area contributed by atoms with Gasteiger partial charge in [0, 0.05) is 44.5 Å². The first-order valence-electron chi connectivity index (χ1n) is 46.2. The summed E-state index contributed by atoms with van der Waals surface area (Å²) in [5, 5.41) is 10.1. The molecule has 8 heteroatoms. The van der Waals surface area contributed by atoms with Crippen molar-refractivity contribution < 1.29 is 18.9 Å². The second kappa shape index (κ2) is 33.7. The largest absolute Gasteiger partial charge is 0.457 e. The van der Waals surface area contributed by atoms with Gasteiger partial charge in [-0.3, -0.25) is 0 Å². The Morgan fingerprint density at radius 1 is 0.201 bits per heavy atom. The second-order valence-corrected chi connectivity index (χ2v) is 43.3. The van der Waals surface area contributed by atoms with Crippen LogP contribution >= 0.6 is 0 Å². The third-order valence-corrected chi connectivity index (χ3v) is 37.7. The van der Waals surface area contributed by atoms with Gasteiger partial charge >= 0.3 is 0 Å². The third-order valence-electron chi connectivity index (χ3n) is 28.0. The van der Waals surface area contributed by atoms with E-state index in [0.717, 1.165) is 147 Å². The van der Waals surface area contributed by atoms with Crippen LogP contribution in [-0.4, -0.2) is 26.1 Å². The van der Waals surface area contributed by atoms with Crippen LogP contribution in [0.2, 0.25) is 0 Å². The third kappa shape index (κ3) is 13.2. The highest BCUT2D eigenvalue weighted by atomic mass is 28.3. The van der Waals surface area contributed by atoms with Crippen LogP contribution in [0.25, 0.3) is 67.3 Å². The van der Waals surface area contributed by atoms with Crippen LogP contribution < -0.4 is 60.4 Å². The van der Waals surface area contributed by atoms with Gasteiger partial charge < -0.3 is 18.9 Å². The summed E-state index contributed by atoms with van der Waals surface area (Å²) in [5.41, 5.74) is 26.6. The molecule has 18 aromatic carbocycles. The molecular formula is C126H94N2O4Si2. The molecule has 20 aromatic rings. The molecule has 0 atom stereocenters. The van der Waals surface area contributed by atoms with Crippen molar-refractivity contribution in [3.8, 4) is 113 Å². The Morgan fingerprint density at radius 3 is 0.739 bits per heavy atom. The number of fused-ring (bicyclic) bond motifs is 8. The predicted molar refractivity (Wildman–Crippen MR) is 554 cm³/mol. The lowest BCUT2D eigenvalue weighted by Gasteiger charge is -2.42. The summed E-state index contributed by atoms with van der Waals surface area (Å²) in [4.78, 5) is 11.5. The first-order chi connectivity index (χ1) is 65.9. The predicted octanol–water partition coefficient (Wildman–Crippen LogP) is 26.0. The average Bonchev–Trinajstić information content (AvgIpc) is 0.710. The zero-order valence-corrected chi connectivity index (χ0v) is 77.4. The number of pyridine rings is 2. The Hall–Kier alpha value is -16.1. The molecule has 0 amide bonds. The van der Waals surface area contributed by atoms with Crippen LogP contribution in [0.1, 0.15) is 77.9 Å². The molecule has 6 nitrogen and oxygen atoms in total. The molecule has 24 rings (SSSR count). The van der Waals surface area contributed by atoms with Crippen LogP contribution in [0, 0.1) is 41.5 Å². The van der Waals surface area contributed by atoms with E-state index in [9.17, 15) is 0 Å². The van der Waals surface area contributed by atoms with E-state index in [1.54, 1.807) is 0 Å². The number of benzene rings is 18. The van der Waals surface area contributed by atoms with Gasteiger partial charge in [0.2, 0.25) is 0 Å². The Kier molecular flexibility index (Phi) is 20.7. The van der Waals surface area contributed by atoms with Crippen LogP contribution in [0.15, 0.2) is 461 Å². The molecule has 0 radical (unpaired) electrons. The maximum absolute atomic E-state index is 7.25. The Bertz CT molecular complexity index is 6850. The van der Waals surface area contributed by atoms with E-state index in [2.05, 4.69) is 503 Å². The van der Waals surface area contributed by atoms with Crippen molar-refractivity contribution in [2.75, 3.05) is 0 Å².